The van der Waals surface area contributed by atoms with Crippen LogP contribution in [0.2, 0.25) is 0 Å². The largest absolute Gasteiger partial charge is 0.380 e. The zero-order valence-corrected chi connectivity index (χ0v) is 22.5. The zero-order valence-electron chi connectivity index (χ0n) is 22.5. The molecule has 3 aliphatic carbocycles. The summed E-state index contributed by atoms with van der Waals surface area (Å²) in [6, 6.07) is 2.11. The number of hydrogen-bond acceptors (Lipinski definition) is 7. The van der Waals surface area contributed by atoms with Crippen LogP contribution in [0.1, 0.15) is 73.7 Å². The van der Waals surface area contributed by atoms with Crippen molar-refractivity contribution in [1.29, 1.82) is 5.41 Å². The van der Waals surface area contributed by atoms with Gasteiger partial charge in [-0.05, 0) is 70.8 Å². The molecule has 1 aliphatic heterocycles. The molecule has 3 N–H and O–H groups in total. The summed E-state index contributed by atoms with van der Waals surface area (Å²) >= 11 is 0. The Labute approximate surface area is 215 Å². The number of fused-ring (bicyclic) bond motifs is 4. The highest BCUT2D eigenvalue weighted by Gasteiger charge is 2.48. The van der Waals surface area contributed by atoms with Gasteiger partial charge in [-0.15, -0.1) is 0 Å². The number of anilines is 2. The maximum absolute atomic E-state index is 8.01. The minimum atomic E-state index is 0.334. The molecular weight excluding hydrogens is 450 g/mol. The Balaban J connectivity index is 1.30. The topological polar surface area (TPSA) is 91.1 Å². The van der Waals surface area contributed by atoms with E-state index in [1.165, 1.54) is 56.0 Å². The molecule has 0 spiro atoms. The van der Waals surface area contributed by atoms with Gasteiger partial charge in [0.15, 0.2) is 0 Å². The van der Waals surface area contributed by atoms with E-state index in [1.54, 1.807) is 0 Å². The van der Waals surface area contributed by atoms with Crippen LogP contribution in [0.3, 0.4) is 0 Å². The van der Waals surface area contributed by atoms with Crippen molar-refractivity contribution in [2.45, 2.75) is 84.3 Å². The van der Waals surface area contributed by atoms with Crippen molar-refractivity contribution in [1.82, 2.24) is 20.1 Å². The van der Waals surface area contributed by atoms with Gasteiger partial charge in [0, 0.05) is 75.0 Å². The van der Waals surface area contributed by atoms with Crippen molar-refractivity contribution in [2.75, 3.05) is 43.6 Å². The molecule has 0 radical (unpaired) electrons. The Bertz CT molecular complexity index is 1080. The van der Waals surface area contributed by atoms with Gasteiger partial charge >= 0.3 is 0 Å². The van der Waals surface area contributed by atoms with Crippen LogP contribution < -0.4 is 15.5 Å². The number of hydrogen-bond donors (Lipinski definition) is 3. The van der Waals surface area contributed by atoms with Crippen LogP contribution in [0.15, 0.2) is 6.07 Å². The fourth-order valence-electron chi connectivity index (χ4n) is 6.88. The zero-order chi connectivity index (χ0) is 25.3. The van der Waals surface area contributed by atoms with E-state index < -0.39 is 0 Å². The van der Waals surface area contributed by atoms with E-state index in [4.69, 9.17) is 15.2 Å². The number of aryl methyl sites for hydroxylation is 2. The molecule has 0 amide bonds. The molecule has 2 bridgehead atoms. The maximum Gasteiger partial charge on any atom is 0.136 e. The molecule has 196 valence electrons. The van der Waals surface area contributed by atoms with Crippen LogP contribution >= 0.6 is 0 Å². The molecular formula is C28H43N7O. The van der Waals surface area contributed by atoms with E-state index in [0.717, 1.165) is 74.3 Å². The predicted octanol–water partition coefficient (Wildman–Crippen LogP) is 4.22. The van der Waals surface area contributed by atoms with Gasteiger partial charge in [-0.3, -0.25) is 4.68 Å². The summed E-state index contributed by atoms with van der Waals surface area (Å²) in [5.41, 5.74) is 7.59. The van der Waals surface area contributed by atoms with E-state index in [2.05, 4.69) is 45.1 Å². The Morgan fingerprint density at radius 2 is 1.92 bits per heavy atom. The lowest BCUT2D eigenvalue weighted by Gasteiger charge is -2.54. The van der Waals surface area contributed by atoms with Crippen molar-refractivity contribution in [3.63, 3.8) is 0 Å². The SMILES string of the molecule is CCOCCNC12CCC(Cn3nc(C)c4c3CCN(c3cc(C)nc(NC)c3C=N)C4)(CC1)CC2. The highest BCUT2D eigenvalue weighted by molar-refractivity contribution is 5.92. The molecule has 6 rings (SSSR count). The van der Waals surface area contributed by atoms with Crippen LogP contribution in [-0.2, 0) is 24.2 Å². The van der Waals surface area contributed by atoms with Gasteiger partial charge in [0.25, 0.3) is 0 Å². The normalized spacial score (nSPS) is 25.2. The standard InChI is InChI=1S/C28H43N7O/c1-5-36-15-13-31-28-10-7-27(8-11-28,9-12-28)19-35-24-6-14-34(18-23(24)21(3)33-35)25-16-20(2)32-26(30-4)22(25)17-29/h16-17,29,31H,5-15,18-19H2,1-4H3,(H,30,32). The summed E-state index contributed by atoms with van der Waals surface area (Å²) in [6.07, 6.45) is 10.1. The predicted molar refractivity (Wildman–Crippen MR) is 145 cm³/mol. The van der Waals surface area contributed by atoms with Crippen molar-refractivity contribution in [3.05, 3.63) is 34.3 Å². The third kappa shape index (κ3) is 4.65. The fourth-order valence-corrected chi connectivity index (χ4v) is 6.88. The third-order valence-corrected chi connectivity index (χ3v) is 9.06. The number of aromatic nitrogens is 3. The maximum atomic E-state index is 8.01. The molecule has 4 aliphatic rings. The van der Waals surface area contributed by atoms with E-state index >= 15 is 0 Å². The monoisotopic (exact) mass is 493 g/mol. The van der Waals surface area contributed by atoms with Crippen LogP contribution in [0, 0.1) is 24.7 Å². The smallest absolute Gasteiger partial charge is 0.136 e. The minimum absolute atomic E-state index is 0.334. The molecule has 0 unspecified atom stereocenters. The first kappa shape index (κ1) is 25.2. The number of nitrogens with one attached hydrogen (secondary N) is 3. The van der Waals surface area contributed by atoms with Crippen LogP contribution in [0.4, 0.5) is 11.5 Å². The fraction of sp³-hybridized carbons (Fsp3) is 0.679. The minimum Gasteiger partial charge on any atom is -0.380 e. The quantitative estimate of drug-likeness (QED) is 0.339. The summed E-state index contributed by atoms with van der Waals surface area (Å²) < 4.78 is 7.92. The van der Waals surface area contributed by atoms with Gasteiger partial charge in [-0.1, -0.05) is 0 Å². The first-order valence-electron chi connectivity index (χ1n) is 13.7. The van der Waals surface area contributed by atoms with E-state index in [1.807, 2.05) is 14.0 Å². The lowest BCUT2D eigenvalue weighted by molar-refractivity contribution is 0.00393. The molecule has 2 aromatic heterocycles. The molecule has 2 aromatic rings. The van der Waals surface area contributed by atoms with Gasteiger partial charge < -0.3 is 25.7 Å². The van der Waals surface area contributed by atoms with Crippen LogP contribution in [0.25, 0.3) is 0 Å². The molecule has 0 saturated heterocycles. The number of pyridine rings is 1. The molecule has 36 heavy (non-hydrogen) atoms. The first-order valence-corrected chi connectivity index (χ1v) is 13.7. The lowest BCUT2D eigenvalue weighted by Crippen LogP contribution is -2.56. The summed E-state index contributed by atoms with van der Waals surface area (Å²) in [5.74, 6) is 0.773. The number of ether oxygens (including phenoxy) is 1. The molecule has 3 heterocycles. The Hall–Kier alpha value is -2.45. The van der Waals surface area contributed by atoms with Crippen molar-refractivity contribution in [2.24, 2.45) is 5.41 Å². The first-order chi connectivity index (χ1) is 17.4. The van der Waals surface area contributed by atoms with Gasteiger partial charge in [0.1, 0.15) is 5.82 Å². The Morgan fingerprint density at radius 3 is 2.58 bits per heavy atom. The Kier molecular flexibility index (Phi) is 7.10. The average Bonchev–Trinajstić information content (AvgIpc) is 3.21. The average molecular weight is 494 g/mol. The molecule has 8 nitrogen and oxygen atoms in total. The second kappa shape index (κ2) is 10.1. The summed E-state index contributed by atoms with van der Waals surface area (Å²) in [4.78, 5) is 6.98. The summed E-state index contributed by atoms with van der Waals surface area (Å²) in [6.45, 7) is 11.7. The molecule has 0 atom stereocenters. The second-order valence-corrected chi connectivity index (χ2v) is 11.2. The van der Waals surface area contributed by atoms with Gasteiger partial charge in [0.2, 0.25) is 0 Å². The summed E-state index contributed by atoms with van der Waals surface area (Å²) in [5, 5.41) is 20.1. The van der Waals surface area contributed by atoms with E-state index in [0.29, 0.717) is 11.0 Å². The van der Waals surface area contributed by atoms with Gasteiger partial charge in [0.05, 0.1) is 23.6 Å². The highest BCUT2D eigenvalue weighted by Crippen LogP contribution is 2.53. The Morgan fingerprint density at radius 1 is 1.17 bits per heavy atom. The van der Waals surface area contributed by atoms with Crippen molar-refractivity contribution in [3.8, 4) is 0 Å². The third-order valence-electron chi connectivity index (χ3n) is 9.06. The van der Waals surface area contributed by atoms with E-state index in [-0.39, 0.29) is 0 Å². The van der Waals surface area contributed by atoms with Crippen molar-refractivity contribution < 1.29 is 4.74 Å². The summed E-state index contributed by atoms with van der Waals surface area (Å²) in [7, 11) is 1.87. The van der Waals surface area contributed by atoms with Crippen LogP contribution in [0.5, 0.6) is 0 Å². The van der Waals surface area contributed by atoms with Crippen molar-refractivity contribution >= 4 is 17.7 Å². The number of rotatable bonds is 10. The molecule has 8 heteroatoms. The van der Waals surface area contributed by atoms with Gasteiger partial charge in [-0.25, -0.2) is 4.98 Å². The van der Waals surface area contributed by atoms with E-state index in [9.17, 15) is 0 Å². The lowest BCUT2D eigenvalue weighted by atomic mass is 9.57. The molecule has 3 saturated carbocycles. The molecule has 0 aromatic carbocycles. The van der Waals surface area contributed by atoms with Crippen LogP contribution in [-0.4, -0.2) is 59.9 Å². The molecule has 3 fully saturated rings. The van der Waals surface area contributed by atoms with Gasteiger partial charge in [-0.2, -0.15) is 5.10 Å². The number of nitrogens with zero attached hydrogens (tertiary/aromatic N) is 4. The highest BCUT2D eigenvalue weighted by atomic mass is 16.5. The second-order valence-electron chi connectivity index (χ2n) is 11.2.